The number of rotatable bonds is 3. The molecule has 0 aliphatic carbocycles. The number of carbonyl (C=O) groups is 1. The van der Waals surface area contributed by atoms with Gasteiger partial charge in [-0.2, -0.15) is 0 Å². The third-order valence-corrected chi connectivity index (χ3v) is 1.57. The van der Waals surface area contributed by atoms with E-state index >= 15 is 0 Å². The second-order valence-corrected chi connectivity index (χ2v) is 3.24. The number of hydrogen-bond donors (Lipinski definition) is 1. The summed E-state index contributed by atoms with van der Waals surface area (Å²) in [7, 11) is 3.54. The summed E-state index contributed by atoms with van der Waals surface area (Å²) in [5.41, 5.74) is 4.95. The smallest absolute Gasteiger partial charge is 0.409 e. The molecule has 0 saturated heterocycles. The Kier molecular flexibility index (Phi) is 3.82. The number of benzene rings is 1. The fourth-order valence-electron chi connectivity index (χ4n) is 0.950. The van der Waals surface area contributed by atoms with Gasteiger partial charge in [0.25, 0.3) is 0 Å². The molecule has 1 rings (SSSR count). The topological polar surface area (TPSA) is 67.9 Å². The number of ether oxygens (including phenoxy) is 1. The number of hydrogen-bond acceptors (Lipinski definition) is 3. The molecule has 0 aliphatic heterocycles. The lowest BCUT2D eigenvalue weighted by Gasteiger charge is -2.04. The largest absolute Gasteiger partial charge is 0.410 e. The van der Waals surface area contributed by atoms with Crippen molar-refractivity contribution in [2.75, 3.05) is 14.1 Å². The van der Waals surface area contributed by atoms with Gasteiger partial charge < -0.3 is 15.4 Å². The number of halogens is 1. The number of aliphatic imine (C=N–C) groups is 1. The van der Waals surface area contributed by atoms with E-state index in [1.165, 1.54) is 18.5 Å². The maximum atomic E-state index is 13.4. The molecule has 0 fully saturated rings. The second-order valence-electron chi connectivity index (χ2n) is 3.24. The fourth-order valence-corrected chi connectivity index (χ4v) is 0.950. The molecule has 2 N–H and O–H groups in total. The predicted molar refractivity (Wildman–Crippen MR) is 58.5 cm³/mol. The summed E-state index contributed by atoms with van der Waals surface area (Å²) in [5.74, 6) is -0.536. The van der Waals surface area contributed by atoms with Crippen LogP contribution in [0, 0.1) is 5.82 Å². The lowest BCUT2D eigenvalue weighted by molar-refractivity contribution is 0.210. The SMILES string of the molecule is CN(C)C=Nc1ccc(OC(N)=O)cc1F. The van der Waals surface area contributed by atoms with Crippen LogP contribution in [0.5, 0.6) is 5.75 Å². The molecule has 1 amide bonds. The van der Waals surface area contributed by atoms with Gasteiger partial charge in [-0.3, -0.25) is 0 Å². The first-order chi connectivity index (χ1) is 7.49. The Morgan fingerprint density at radius 1 is 1.56 bits per heavy atom. The van der Waals surface area contributed by atoms with E-state index in [0.717, 1.165) is 6.07 Å². The molecule has 6 heteroatoms. The van der Waals surface area contributed by atoms with Crippen molar-refractivity contribution in [3.05, 3.63) is 24.0 Å². The molecule has 0 heterocycles. The van der Waals surface area contributed by atoms with Crippen LogP contribution in [0.3, 0.4) is 0 Å². The molecular weight excluding hydrogens is 213 g/mol. The molecule has 0 aromatic heterocycles. The van der Waals surface area contributed by atoms with Gasteiger partial charge in [0.1, 0.15) is 11.4 Å². The molecule has 0 unspecified atom stereocenters. The van der Waals surface area contributed by atoms with Crippen LogP contribution < -0.4 is 10.5 Å². The summed E-state index contributed by atoms with van der Waals surface area (Å²) in [4.78, 5) is 16.0. The van der Waals surface area contributed by atoms with Crippen LogP contribution in [0.15, 0.2) is 23.2 Å². The molecule has 5 nitrogen and oxygen atoms in total. The van der Waals surface area contributed by atoms with E-state index in [9.17, 15) is 9.18 Å². The highest BCUT2D eigenvalue weighted by Crippen LogP contribution is 2.22. The zero-order valence-electron chi connectivity index (χ0n) is 8.98. The van der Waals surface area contributed by atoms with E-state index in [0.29, 0.717) is 0 Å². The Morgan fingerprint density at radius 3 is 2.75 bits per heavy atom. The maximum absolute atomic E-state index is 13.4. The monoisotopic (exact) mass is 225 g/mol. The van der Waals surface area contributed by atoms with Gasteiger partial charge in [-0.1, -0.05) is 0 Å². The highest BCUT2D eigenvalue weighted by Gasteiger charge is 2.04. The maximum Gasteiger partial charge on any atom is 0.409 e. The molecule has 1 aromatic carbocycles. The third-order valence-electron chi connectivity index (χ3n) is 1.57. The van der Waals surface area contributed by atoms with Gasteiger partial charge >= 0.3 is 6.09 Å². The van der Waals surface area contributed by atoms with Crippen LogP contribution in [0.1, 0.15) is 0 Å². The molecule has 16 heavy (non-hydrogen) atoms. The van der Waals surface area contributed by atoms with Crippen molar-refractivity contribution in [2.45, 2.75) is 0 Å². The van der Waals surface area contributed by atoms with Crippen molar-refractivity contribution in [3.63, 3.8) is 0 Å². The predicted octanol–water partition coefficient (Wildman–Crippen LogP) is 1.50. The molecular formula is C10H12FN3O2. The average molecular weight is 225 g/mol. The average Bonchev–Trinajstić information content (AvgIpc) is 2.15. The Bertz CT molecular complexity index is 419. The van der Waals surface area contributed by atoms with Crippen molar-refractivity contribution >= 4 is 18.1 Å². The van der Waals surface area contributed by atoms with Crippen LogP contribution in [0.4, 0.5) is 14.9 Å². The normalized spacial score (nSPS) is 10.4. The van der Waals surface area contributed by atoms with Gasteiger partial charge in [-0.15, -0.1) is 0 Å². The highest BCUT2D eigenvalue weighted by molar-refractivity contribution is 5.68. The third kappa shape index (κ3) is 3.56. The standard InChI is InChI=1S/C10H12FN3O2/c1-14(2)6-13-9-4-3-7(5-8(9)11)16-10(12)15/h3-6H,1-2H3,(H2,12,15). The quantitative estimate of drug-likeness (QED) is 0.626. The molecule has 0 aliphatic rings. The summed E-state index contributed by atoms with van der Waals surface area (Å²) < 4.78 is 17.9. The van der Waals surface area contributed by atoms with Gasteiger partial charge in [-0.25, -0.2) is 14.2 Å². The Hall–Kier alpha value is -2.11. The first-order valence-corrected chi connectivity index (χ1v) is 4.46. The first-order valence-electron chi connectivity index (χ1n) is 4.46. The molecule has 0 spiro atoms. The molecule has 0 saturated carbocycles. The van der Waals surface area contributed by atoms with E-state index in [1.54, 1.807) is 19.0 Å². The van der Waals surface area contributed by atoms with Crippen molar-refractivity contribution in [1.82, 2.24) is 4.90 Å². The van der Waals surface area contributed by atoms with Gasteiger partial charge in [0.15, 0.2) is 5.82 Å². The number of nitrogens with zero attached hydrogens (tertiary/aromatic N) is 2. The van der Waals surface area contributed by atoms with Crippen LogP contribution in [-0.2, 0) is 0 Å². The van der Waals surface area contributed by atoms with Crippen LogP contribution >= 0.6 is 0 Å². The van der Waals surface area contributed by atoms with Crippen molar-refractivity contribution < 1.29 is 13.9 Å². The zero-order valence-corrected chi connectivity index (χ0v) is 8.98. The number of primary amides is 1. The summed E-state index contributed by atoms with van der Waals surface area (Å²) in [6.45, 7) is 0. The van der Waals surface area contributed by atoms with E-state index in [-0.39, 0.29) is 11.4 Å². The highest BCUT2D eigenvalue weighted by atomic mass is 19.1. The zero-order chi connectivity index (χ0) is 12.1. The Balaban J connectivity index is 2.87. The van der Waals surface area contributed by atoms with E-state index in [1.807, 2.05) is 0 Å². The summed E-state index contributed by atoms with van der Waals surface area (Å²) in [6, 6.07) is 3.86. The van der Waals surface area contributed by atoms with Crippen LogP contribution in [-0.4, -0.2) is 31.4 Å². The fraction of sp³-hybridized carbons (Fsp3) is 0.200. The van der Waals surface area contributed by atoms with Gasteiger partial charge in [-0.05, 0) is 12.1 Å². The lowest BCUT2D eigenvalue weighted by atomic mass is 10.3. The minimum Gasteiger partial charge on any atom is -0.410 e. The van der Waals surface area contributed by atoms with Gasteiger partial charge in [0.2, 0.25) is 0 Å². The molecule has 0 radical (unpaired) electrons. The van der Waals surface area contributed by atoms with E-state index in [2.05, 4.69) is 9.73 Å². The van der Waals surface area contributed by atoms with Crippen molar-refractivity contribution in [3.8, 4) is 5.75 Å². The number of amides is 1. The summed E-state index contributed by atoms with van der Waals surface area (Å²) in [6.07, 6.45) is 0.483. The van der Waals surface area contributed by atoms with Gasteiger partial charge in [0, 0.05) is 20.2 Å². The second kappa shape index (κ2) is 5.11. The summed E-state index contributed by atoms with van der Waals surface area (Å²) >= 11 is 0. The minimum atomic E-state index is -0.982. The molecule has 0 atom stereocenters. The van der Waals surface area contributed by atoms with Crippen LogP contribution in [0.2, 0.25) is 0 Å². The lowest BCUT2D eigenvalue weighted by Crippen LogP contribution is -2.16. The molecule has 0 bridgehead atoms. The van der Waals surface area contributed by atoms with E-state index in [4.69, 9.17) is 5.73 Å². The molecule has 86 valence electrons. The summed E-state index contributed by atoms with van der Waals surface area (Å²) in [5, 5.41) is 0. The number of nitrogens with two attached hydrogens (primary N) is 1. The number of carbonyl (C=O) groups excluding carboxylic acids is 1. The van der Waals surface area contributed by atoms with Gasteiger partial charge in [0.05, 0.1) is 6.34 Å². The Morgan fingerprint density at radius 2 is 2.25 bits per heavy atom. The van der Waals surface area contributed by atoms with E-state index < -0.39 is 11.9 Å². The Labute approximate surface area is 92.3 Å². The minimum absolute atomic E-state index is 0.0498. The van der Waals surface area contributed by atoms with Crippen molar-refractivity contribution in [2.24, 2.45) is 10.7 Å². The first kappa shape index (κ1) is 12.0. The molecule has 1 aromatic rings. The van der Waals surface area contributed by atoms with Crippen LogP contribution in [0.25, 0.3) is 0 Å². The van der Waals surface area contributed by atoms with Crippen molar-refractivity contribution in [1.29, 1.82) is 0 Å².